The summed E-state index contributed by atoms with van der Waals surface area (Å²) >= 11 is 0. The summed E-state index contributed by atoms with van der Waals surface area (Å²) in [6, 6.07) is 5.47. The van der Waals surface area contributed by atoms with Gasteiger partial charge in [-0.1, -0.05) is 25.5 Å². The van der Waals surface area contributed by atoms with Crippen molar-refractivity contribution < 1.29 is 14.3 Å². The van der Waals surface area contributed by atoms with Crippen molar-refractivity contribution in [3.63, 3.8) is 0 Å². The van der Waals surface area contributed by atoms with Crippen molar-refractivity contribution in [1.82, 2.24) is 4.90 Å². The molecule has 4 heteroatoms. The highest BCUT2D eigenvalue weighted by atomic mass is 19.1. The Balaban J connectivity index is 1.82. The zero-order chi connectivity index (χ0) is 15.0. The Morgan fingerprint density at radius 3 is 3.05 bits per heavy atom. The van der Waals surface area contributed by atoms with Gasteiger partial charge in [0.2, 0.25) is 0 Å². The second kappa shape index (κ2) is 5.41. The van der Waals surface area contributed by atoms with Crippen LogP contribution >= 0.6 is 0 Å². The van der Waals surface area contributed by atoms with Crippen LogP contribution in [0.2, 0.25) is 0 Å². The molecule has 2 unspecified atom stereocenters. The Bertz CT molecular complexity index is 560. The van der Waals surface area contributed by atoms with Gasteiger partial charge in [0.05, 0.1) is 5.41 Å². The molecule has 1 aliphatic heterocycles. The molecule has 3 nitrogen and oxygen atoms in total. The Morgan fingerprint density at radius 1 is 1.52 bits per heavy atom. The van der Waals surface area contributed by atoms with Gasteiger partial charge < -0.3 is 5.11 Å². The number of hydrogen-bond donors (Lipinski definition) is 1. The van der Waals surface area contributed by atoms with E-state index >= 15 is 0 Å². The first kappa shape index (κ1) is 14.5. The maximum absolute atomic E-state index is 13.8. The second-order valence-electron chi connectivity index (χ2n) is 6.42. The molecule has 0 amide bonds. The molecule has 1 aromatic rings. The summed E-state index contributed by atoms with van der Waals surface area (Å²) in [5.74, 6) is -0.795. The summed E-state index contributed by atoms with van der Waals surface area (Å²) in [6.07, 6.45) is 3.98. The Labute approximate surface area is 124 Å². The van der Waals surface area contributed by atoms with Crippen LogP contribution in [0.3, 0.4) is 0 Å². The predicted octanol–water partition coefficient (Wildman–Crippen LogP) is 3.39. The summed E-state index contributed by atoms with van der Waals surface area (Å²) in [4.78, 5) is 13.9. The third-order valence-electron chi connectivity index (χ3n) is 5.19. The molecule has 0 spiro atoms. The van der Waals surface area contributed by atoms with Crippen LogP contribution in [-0.2, 0) is 11.2 Å². The number of fused-ring (bicyclic) bond motifs is 1. The highest BCUT2D eigenvalue weighted by Crippen LogP contribution is 2.44. The fourth-order valence-electron chi connectivity index (χ4n) is 4.10. The second-order valence-corrected chi connectivity index (χ2v) is 6.42. The zero-order valence-electron chi connectivity index (χ0n) is 12.4. The van der Waals surface area contributed by atoms with E-state index < -0.39 is 11.4 Å². The number of hydrogen-bond acceptors (Lipinski definition) is 2. The molecule has 21 heavy (non-hydrogen) atoms. The van der Waals surface area contributed by atoms with E-state index in [1.54, 1.807) is 6.07 Å². The molecule has 0 bridgehead atoms. The topological polar surface area (TPSA) is 40.5 Å². The monoisotopic (exact) mass is 291 g/mol. The van der Waals surface area contributed by atoms with Gasteiger partial charge in [-0.2, -0.15) is 0 Å². The average molecular weight is 291 g/mol. The van der Waals surface area contributed by atoms with Crippen LogP contribution in [-0.4, -0.2) is 29.1 Å². The normalized spacial score (nSPS) is 28.8. The van der Waals surface area contributed by atoms with Crippen LogP contribution in [0.25, 0.3) is 0 Å². The van der Waals surface area contributed by atoms with Crippen molar-refractivity contribution in [3.8, 4) is 0 Å². The molecule has 1 N–H and O–H groups in total. The van der Waals surface area contributed by atoms with Gasteiger partial charge in [-0.3, -0.25) is 9.69 Å². The predicted molar refractivity (Wildman–Crippen MR) is 78.6 cm³/mol. The van der Waals surface area contributed by atoms with Crippen LogP contribution in [0.5, 0.6) is 0 Å². The van der Waals surface area contributed by atoms with Gasteiger partial charge in [0, 0.05) is 12.6 Å². The van der Waals surface area contributed by atoms with E-state index in [2.05, 4.69) is 4.90 Å². The van der Waals surface area contributed by atoms with Crippen LogP contribution in [0.4, 0.5) is 4.39 Å². The minimum Gasteiger partial charge on any atom is -0.481 e. The number of benzene rings is 1. The average Bonchev–Trinajstić information content (AvgIpc) is 3.04. The molecule has 1 saturated heterocycles. The van der Waals surface area contributed by atoms with Crippen molar-refractivity contribution in [3.05, 3.63) is 35.1 Å². The zero-order valence-corrected chi connectivity index (χ0v) is 12.4. The molecular weight excluding hydrogens is 269 g/mol. The lowest BCUT2D eigenvalue weighted by Crippen LogP contribution is -2.35. The van der Waals surface area contributed by atoms with Crippen molar-refractivity contribution in [2.75, 3.05) is 13.1 Å². The van der Waals surface area contributed by atoms with E-state index in [1.807, 2.05) is 13.0 Å². The van der Waals surface area contributed by atoms with E-state index in [-0.39, 0.29) is 11.9 Å². The Morgan fingerprint density at radius 2 is 2.33 bits per heavy atom. The van der Waals surface area contributed by atoms with Gasteiger partial charge in [-0.05, 0) is 49.4 Å². The van der Waals surface area contributed by atoms with Gasteiger partial charge in [0.25, 0.3) is 0 Å². The van der Waals surface area contributed by atoms with E-state index in [9.17, 15) is 14.3 Å². The molecule has 0 aromatic heterocycles. The van der Waals surface area contributed by atoms with Crippen molar-refractivity contribution in [2.45, 2.75) is 45.1 Å². The van der Waals surface area contributed by atoms with Crippen LogP contribution in [0.15, 0.2) is 18.2 Å². The third kappa shape index (κ3) is 2.35. The molecule has 2 atom stereocenters. The molecule has 1 heterocycles. The number of aliphatic carboxylic acids is 1. The fourth-order valence-corrected chi connectivity index (χ4v) is 4.10. The van der Waals surface area contributed by atoms with Crippen molar-refractivity contribution >= 4 is 5.97 Å². The number of carboxylic acids is 1. The smallest absolute Gasteiger partial charge is 0.310 e. The van der Waals surface area contributed by atoms with Crippen LogP contribution < -0.4 is 0 Å². The molecule has 0 radical (unpaired) electrons. The molecule has 1 aliphatic carbocycles. The van der Waals surface area contributed by atoms with E-state index in [1.165, 1.54) is 6.07 Å². The third-order valence-corrected chi connectivity index (χ3v) is 5.19. The standard InChI is InChI=1S/C17H22FNO2/c1-2-8-17(16(20)21)9-10-19(11-17)15-7-6-12-13(15)4-3-5-14(12)18/h3-5,15H,2,6-11H2,1H3,(H,20,21). The van der Waals surface area contributed by atoms with Gasteiger partial charge in [-0.15, -0.1) is 0 Å². The number of halogens is 1. The first-order chi connectivity index (χ1) is 10.1. The SMILES string of the molecule is CCCC1(C(=O)O)CCN(C2CCc3c(F)cccc32)C1. The summed E-state index contributed by atoms with van der Waals surface area (Å²) < 4.78 is 13.8. The molecule has 114 valence electrons. The van der Waals surface area contributed by atoms with Crippen LogP contribution in [0, 0.1) is 11.2 Å². The number of nitrogens with zero attached hydrogens (tertiary/aromatic N) is 1. The number of carbonyl (C=O) groups is 1. The lowest BCUT2D eigenvalue weighted by atomic mass is 9.82. The number of carboxylic acid groups (broad SMARTS) is 1. The van der Waals surface area contributed by atoms with Crippen LogP contribution in [0.1, 0.15) is 49.8 Å². The van der Waals surface area contributed by atoms with Gasteiger partial charge in [0.15, 0.2) is 0 Å². The summed E-state index contributed by atoms with van der Waals surface area (Å²) in [5, 5.41) is 9.61. The Kier molecular flexibility index (Phi) is 3.74. The minimum atomic E-state index is -0.677. The summed E-state index contributed by atoms with van der Waals surface area (Å²) in [6.45, 7) is 3.43. The van der Waals surface area contributed by atoms with E-state index in [4.69, 9.17) is 0 Å². The van der Waals surface area contributed by atoms with Gasteiger partial charge in [-0.25, -0.2) is 4.39 Å². The van der Waals surface area contributed by atoms with Crippen molar-refractivity contribution in [2.24, 2.45) is 5.41 Å². The highest BCUT2D eigenvalue weighted by Gasteiger charge is 2.46. The highest BCUT2D eigenvalue weighted by molar-refractivity contribution is 5.75. The maximum Gasteiger partial charge on any atom is 0.310 e. The molecule has 2 aliphatic rings. The van der Waals surface area contributed by atoms with E-state index in [0.717, 1.165) is 43.4 Å². The van der Waals surface area contributed by atoms with Crippen molar-refractivity contribution in [1.29, 1.82) is 0 Å². The Hall–Kier alpha value is -1.42. The minimum absolute atomic E-state index is 0.118. The first-order valence-electron chi connectivity index (χ1n) is 7.82. The van der Waals surface area contributed by atoms with E-state index in [0.29, 0.717) is 13.0 Å². The molecular formula is C17H22FNO2. The van der Waals surface area contributed by atoms with Gasteiger partial charge in [0.1, 0.15) is 5.82 Å². The molecule has 0 saturated carbocycles. The molecule has 1 fully saturated rings. The number of likely N-dealkylation sites (tertiary alicyclic amines) is 1. The lowest BCUT2D eigenvalue weighted by Gasteiger charge is -2.28. The van der Waals surface area contributed by atoms with Gasteiger partial charge >= 0.3 is 5.97 Å². The summed E-state index contributed by atoms with van der Waals surface area (Å²) in [5.41, 5.74) is 1.28. The molecule has 1 aromatic carbocycles. The maximum atomic E-state index is 13.8. The quantitative estimate of drug-likeness (QED) is 0.924. The fraction of sp³-hybridized carbons (Fsp3) is 0.588. The first-order valence-corrected chi connectivity index (χ1v) is 7.82. The molecule has 3 rings (SSSR count). The lowest BCUT2D eigenvalue weighted by molar-refractivity contribution is -0.148. The largest absolute Gasteiger partial charge is 0.481 e. The number of rotatable bonds is 4. The summed E-state index contributed by atoms with van der Waals surface area (Å²) in [7, 11) is 0.